The molecule has 1 saturated carbocycles. The molecule has 27 heavy (non-hydrogen) atoms. The van der Waals surface area contributed by atoms with Crippen LogP contribution in [0.4, 0.5) is 0 Å². The van der Waals surface area contributed by atoms with Crippen molar-refractivity contribution in [3.05, 3.63) is 65.7 Å². The molecule has 1 fully saturated rings. The van der Waals surface area contributed by atoms with Gasteiger partial charge in [0.15, 0.2) is 0 Å². The monoisotopic (exact) mass is 367 g/mol. The van der Waals surface area contributed by atoms with Crippen molar-refractivity contribution < 1.29 is 19.4 Å². The van der Waals surface area contributed by atoms with Gasteiger partial charge in [-0.2, -0.15) is 0 Å². The van der Waals surface area contributed by atoms with E-state index in [9.17, 15) is 9.59 Å². The van der Waals surface area contributed by atoms with Gasteiger partial charge in [-0.05, 0) is 36.6 Å². The van der Waals surface area contributed by atoms with Crippen LogP contribution in [0, 0.1) is 0 Å². The van der Waals surface area contributed by atoms with E-state index >= 15 is 0 Å². The molecule has 142 valence electrons. The van der Waals surface area contributed by atoms with Gasteiger partial charge in [-0.25, -0.2) is 4.79 Å². The lowest BCUT2D eigenvalue weighted by Crippen LogP contribution is -2.46. The second-order valence-corrected chi connectivity index (χ2v) is 6.95. The van der Waals surface area contributed by atoms with Crippen LogP contribution in [0.25, 0.3) is 0 Å². The number of aromatic carboxylic acids is 1. The van der Waals surface area contributed by atoms with E-state index in [1.807, 2.05) is 30.3 Å². The highest BCUT2D eigenvalue weighted by Gasteiger charge is 2.40. The summed E-state index contributed by atoms with van der Waals surface area (Å²) in [4.78, 5) is 24.0. The normalized spacial score (nSPS) is 15.7. The molecule has 1 aliphatic carbocycles. The molecule has 2 aromatic rings. The van der Waals surface area contributed by atoms with E-state index in [0.29, 0.717) is 18.9 Å². The molecule has 5 nitrogen and oxygen atoms in total. The van der Waals surface area contributed by atoms with Crippen LogP contribution in [0.3, 0.4) is 0 Å². The molecular formula is C22H25NO4. The third kappa shape index (κ3) is 4.48. The summed E-state index contributed by atoms with van der Waals surface area (Å²) < 4.78 is 5.60. The van der Waals surface area contributed by atoms with Crippen molar-refractivity contribution in [2.24, 2.45) is 0 Å². The first kappa shape index (κ1) is 19.0. The zero-order valence-corrected chi connectivity index (χ0v) is 15.3. The number of hydrogen-bond acceptors (Lipinski definition) is 3. The van der Waals surface area contributed by atoms with Crippen LogP contribution in [0.2, 0.25) is 0 Å². The Bertz CT molecular complexity index is 782. The Hall–Kier alpha value is -2.82. The smallest absolute Gasteiger partial charge is 0.335 e. The molecule has 0 unspecified atom stereocenters. The van der Waals surface area contributed by atoms with Crippen LogP contribution in [-0.4, -0.2) is 30.1 Å². The van der Waals surface area contributed by atoms with E-state index < -0.39 is 11.4 Å². The van der Waals surface area contributed by atoms with Crippen LogP contribution < -0.4 is 10.1 Å². The number of carboxylic acids is 1. The second kappa shape index (κ2) is 8.71. The number of carbonyl (C=O) groups excluding carboxylic acids is 1. The van der Waals surface area contributed by atoms with Gasteiger partial charge in [0.25, 0.3) is 0 Å². The van der Waals surface area contributed by atoms with Crippen molar-refractivity contribution in [2.45, 2.75) is 37.5 Å². The van der Waals surface area contributed by atoms with Crippen molar-refractivity contribution in [1.29, 1.82) is 0 Å². The van der Waals surface area contributed by atoms with Gasteiger partial charge in [-0.1, -0.05) is 55.7 Å². The average molecular weight is 367 g/mol. The predicted octanol–water partition coefficient (Wildman–Crippen LogP) is 3.78. The molecule has 1 amide bonds. The molecule has 0 aromatic heterocycles. The van der Waals surface area contributed by atoms with Crippen molar-refractivity contribution in [3.8, 4) is 5.75 Å². The fourth-order valence-corrected chi connectivity index (χ4v) is 3.78. The van der Waals surface area contributed by atoms with Gasteiger partial charge < -0.3 is 15.2 Å². The van der Waals surface area contributed by atoms with Crippen molar-refractivity contribution in [2.75, 3.05) is 13.2 Å². The molecule has 0 bridgehead atoms. The zero-order chi connectivity index (χ0) is 19.1. The van der Waals surface area contributed by atoms with Gasteiger partial charge in [0.1, 0.15) is 12.4 Å². The molecule has 0 atom stereocenters. The fourth-order valence-electron chi connectivity index (χ4n) is 3.78. The SMILES string of the molecule is O=C(O)c1cccc(OCCNC(=O)C2(c3ccccc3)CCCCC2)c1. The summed E-state index contributed by atoms with van der Waals surface area (Å²) in [6.07, 6.45) is 5.02. The summed E-state index contributed by atoms with van der Waals surface area (Å²) in [6, 6.07) is 16.4. The zero-order valence-electron chi connectivity index (χ0n) is 15.3. The van der Waals surface area contributed by atoms with Crippen LogP contribution in [0.1, 0.15) is 48.0 Å². The summed E-state index contributed by atoms with van der Waals surface area (Å²) >= 11 is 0. The Kier molecular flexibility index (Phi) is 6.12. The minimum atomic E-state index is -0.990. The highest BCUT2D eigenvalue weighted by molar-refractivity contribution is 5.88. The molecule has 2 aromatic carbocycles. The maximum absolute atomic E-state index is 13.0. The lowest BCUT2D eigenvalue weighted by molar-refractivity contribution is -0.128. The standard InChI is InChI=1S/C22H25NO4/c24-20(25)17-8-7-11-19(16-17)27-15-14-23-21(26)22(12-5-2-6-13-22)18-9-3-1-4-10-18/h1,3-4,7-11,16H,2,5-6,12-15H2,(H,23,26)(H,24,25). The second-order valence-electron chi connectivity index (χ2n) is 6.95. The van der Waals surface area contributed by atoms with Crippen LogP contribution in [-0.2, 0) is 10.2 Å². The Balaban J connectivity index is 1.59. The van der Waals surface area contributed by atoms with E-state index in [2.05, 4.69) is 5.32 Å². The molecule has 0 spiro atoms. The lowest BCUT2D eigenvalue weighted by atomic mass is 9.68. The molecule has 0 heterocycles. The Labute approximate surface area is 159 Å². The first-order chi connectivity index (χ1) is 13.1. The lowest BCUT2D eigenvalue weighted by Gasteiger charge is -2.36. The molecule has 0 radical (unpaired) electrons. The van der Waals surface area contributed by atoms with Crippen LogP contribution >= 0.6 is 0 Å². The summed E-state index contributed by atoms with van der Waals surface area (Å²) in [6.45, 7) is 0.671. The average Bonchev–Trinajstić information content (AvgIpc) is 2.72. The first-order valence-corrected chi connectivity index (χ1v) is 9.42. The topological polar surface area (TPSA) is 75.6 Å². The van der Waals surface area contributed by atoms with Gasteiger partial charge in [0, 0.05) is 0 Å². The van der Waals surface area contributed by atoms with Gasteiger partial charge in [0.2, 0.25) is 5.91 Å². The Morgan fingerprint density at radius 1 is 1.00 bits per heavy atom. The Morgan fingerprint density at radius 3 is 2.44 bits per heavy atom. The first-order valence-electron chi connectivity index (χ1n) is 9.42. The highest BCUT2D eigenvalue weighted by atomic mass is 16.5. The maximum atomic E-state index is 13.0. The highest BCUT2D eigenvalue weighted by Crippen LogP contribution is 2.39. The number of hydrogen-bond donors (Lipinski definition) is 2. The van der Waals surface area contributed by atoms with Gasteiger partial charge in [-0.3, -0.25) is 4.79 Å². The largest absolute Gasteiger partial charge is 0.492 e. The molecule has 3 rings (SSSR count). The fraction of sp³-hybridized carbons (Fsp3) is 0.364. The molecule has 1 aliphatic rings. The van der Waals surface area contributed by atoms with Crippen molar-refractivity contribution in [3.63, 3.8) is 0 Å². The summed E-state index contributed by atoms with van der Waals surface area (Å²) in [5.41, 5.74) is 0.807. The quantitative estimate of drug-likeness (QED) is 0.730. The van der Waals surface area contributed by atoms with E-state index in [0.717, 1.165) is 31.2 Å². The molecule has 0 saturated heterocycles. The summed E-state index contributed by atoms with van der Waals surface area (Å²) in [5.74, 6) is -0.452. The van der Waals surface area contributed by atoms with E-state index in [1.165, 1.54) is 18.6 Å². The van der Waals surface area contributed by atoms with E-state index in [-0.39, 0.29) is 11.5 Å². The number of ether oxygens (including phenoxy) is 1. The van der Waals surface area contributed by atoms with Crippen LogP contribution in [0.15, 0.2) is 54.6 Å². The predicted molar refractivity (Wildman–Crippen MR) is 103 cm³/mol. The summed E-state index contributed by atoms with van der Waals surface area (Å²) in [7, 11) is 0. The van der Waals surface area contributed by atoms with Gasteiger partial charge in [-0.15, -0.1) is 0 Å². The van der Waals surface area contributed by atoms with Crippen molar-refractivity contribution in [1.82, 2.24) is 5.32 Å². The minimum Gasteiger partial charge on any atom is -0.492 e. The van der Waals surface area contributed by atoms with Gasteiger partial charge in [0.05, 0.1) is 17.5 Å². The third-order valence-electron chi connectivity index (χ3n) is 5.21. The van der Waals surface area contributed by atoms with E-state index in [4.69, 9.17) is 9.84 Å². The van der Waals surface area contributed by atoms with Crippen LogP contribution in [0.5, 0.6) is 5.75 Å². The number of benzene rings is 2. The number of rotatable bonds is 7. The van der Waals surface area contributed by atoms with Gasteiger partial charge >= 0.3 is 5.97 Å². The minimum absolute atomic E-state index is 0.0521. The number of carbonyl (C=O) groups is 2. The Morgan fingerprint density at radius 2 is 1.74 bits per heavy atom. The summed E-state index contributed by atoms with van der Waals surface area (Å²) in [5, 5.41) is 12.0. The molecular weight excluding hydrogens is 342 g/mol. The number of nitrogens with one attached hydrogen (secondary N) is 1. The van der Waals surface area contributed by atoms with Crippen molar-refractivity contribution >= 4 is 11.9 Å². The number of carboxylic acid groups (broad SMARTS) is 1. The number of amides is 1. The molecule has 0 aliphatic heterocycles. The molecule has 2 N–H and O–H groups in total. The molecule has 5 heteroatoms. The van der Waals surface area contributed by atoms with E-state index in [1.54, 1.807) is 12.1 Å². The maximum Gasteiger partial charge on any atom is 0.335 e. The third-order valence-corrected chi connectivity index (χ3v) is 5.21.